The summed E-state index contributed by atoms with van der Waals surface area (Å²) in [5, 5.41) is 4.21. The van der Waals surface area contributed by atoms with Crippen molar-refractivity contribution in [2.75, 3.05) is 16.4 Å². The molecule has 2 amide bonds. The normalized spacial score (nSPS) is 12.6. The van der Waals surface area contributed by atoms with E-state index in [0.29, 0.717) is 5.69 Å². The number of ether oxygens (including phenoxy) is 1. The van der Waals surface area contributed by atoms with Crippen LogP contribution >= 0.6 is 11.8 Å². The Morgan fingerprint density at radius 1 is 1.00 bits per heavy atom. The van der Waals surface area contributed by atoms with Crippen LogP contribution in [0.4, 0.5) is 20.2 Å². The lowest BCUT2D eigenvalue weighted by Gasteiger charge is -2.16. The Morgan fingerprint density at radius 3 is 2.31 bits per heavy atom. The summed E-state index contributed by atoms with van der Waals surface area (Å²) in [6, 6.07) is 10.9. The van der Waals surface area contributed by atoms with Gasteiger partial charge in [-0.25, -0.2) is 8.78 Å². The fourth-order valence-electron chi connectivity index (χ4n) is 2.12. The van der Waals surface area contributed by atoms with Crippen molar-refractivity contribution in [2.24, 2.45) is 0 Å². The van der Waals surface area contributed by atoms with Crippen LogP contribution in [0, 0.1) is 11.6 Å². The number of esters is 1. The highest BCUT2D eigenvalue weighted by Crippen LogP contribution is 2.16. The van der Waals surface area contributed by atoms with Crippen LogP contribution in [0.1, 0.15) is 13.8 Å². The first kappa shape index (κ1) is 22.4. The maximum atomic E-state index is 13.6. The van der Waals surface area contributed by atoms with Crippen LogP contribution in [0.5, 0.6) is 0 Å². The van der Waals surface area contributed by atoms with Crippen LogP contribution in [0.2, 0.25) is 0 Å². The van der Waals surface area contributed by atoms with Crippen LogP contribution in [0.3, 0.4) is 0 Å². The first-order valence-electron chi connectivity index (χ1n) is 8.69. The molecule has 2 N–H and O–H groups in total. The number of carbonyl (C=O) groups is 3. The molecule has 0 aliphatic carbocycles. The monoisotopic (exact) mass is 422 g/mol. The highest BCUT2D eigenvalue weighted by Gasteiger charge is 2.23. The van der Waals surface area contributed by atoms with Gasteiger partial charge in [0.1, 0.15) is 16.9 Å². The number of benzene rings is 2. The number of anilines is 2. The van der Waals surface area contributed by atoms with Gasteiger partial charge < -0.3 is 15.4 Å². The average molecular weight is 422 g/mol. The molecule has 2 atom stereocenters. The van der Waals surface area contributed by atoms with Gasteiger partial charge in [0, 0.05) is 5.69 Å². The Balaban J connectivity index is 1.77. The van der Waals surface area contributed by atoms with Gasteiger partial charge in [-0.1, -0.05) is 12.1 Å². The zero-order valence-corrected chi connectivity index (χ0v) is 16.6. The summed E-state index contributed by atoms with van der Waals surface area (Å²) in [5.74, 6) is -2.77. The summed E-state index contributed by atoms with van der Waals surface area (Å²) < 4.78 is 31.5. The number of halogens is 2. The highest BCUT2D eigenvalue weighted by atomic mass is 32.2. The van der Waals surface area contributed by atoms with E-state index in [1.54, 1.807) is 13.0 Å². The molecule has 0 aromatic heterocycles. The van der Waals surface area contributed by atoms with Crippen molar-refractivity contribution in [3.63, 3.8) is 0 Å². The Bertz CT molecular complexity index is 877. The Kier molecular flexibility index (Phi) is 8.14. The standard InChI is InChI=1S/C20H20F2N2O4S/c1-12(19(26)24-17-6-4-3-5-16(17)22)28-20(27)13(2)29-11-18(25)23-15-9-7-14(21)8-10-15/h3-10,12-13H,11H2,1-2H3,(H,23,25)(H,24,26). The van der Waals surface area contributed by atoms with Gasteiger partial charge in [0.25, 0.3) is 5.91 Å². The Morgan fingerprint density at radius 2 is 1.66 bits per heavy atom. The number of para-hydroxylation sites is 1. The third-order valence-corrected chi connectivity index (χ3v) is 4.84. The molecular formula is C20H20F2N2O4S. The van der Waals surface area contributed by atoms with E-state index in [9.17, 15) is 23.2 Å². The van der Waals surface area contributed by atoms with E-state index in [2.05, 4.69) is 10.6 Å². The summed E-state index contributed by atoms with van der Waals surface area (Å²) in [6.45, 7) is 2.91. The minimum absolute atomic E-state index is 0.0136. The van der Waals surface area contributed by atoms with Crippen LogP contribution in [0.25, 0.3) is 0 Å². The Hall–Kier alpha value is -2.94. The molecule has 2 aromatic rings. The van der Waals surface area contributed by atoms with Gasteiger partial charge in [-0.3, -0.25) is 14.4 Å². The van der Waals surface area contributed by atoms with E-state index < -0.39 is 34.9 Å². The molecule has 9 heteroatoms. The van der Waals surface area contributed by atoms with Crippen molar-refractivity contribution < 1.29 is 27.9 Å². The highest BCUT2D eigenvalue weighted by molar-refractivity contribution is 8.01. The summed E-state index contributed by atoms with van der Waals surface area (Å²) >= 11 is 1.02. The maximum absolute atomic E-state index is 13.6. The molecular weight excluding hydrogens is 402 g/mol. The second-order valence-corrected chi connectivity index (χ2v) is 7.39. The molecule has 0 aliphatic heterocycles. The molecule has 29 heavy (non-hydrogen) atoms. The van der Waals surface area contributed by atoms with Crippen LogP contribution in [0.15, 0.2) is 48.5 Å². The lowest BCUT2D eigenvalue weighted by Crippen LogP contribution is -2.33. The topological polar surface area (TPSA) is 84.5 Å². The van der Waals surface area contributed by atoms with Gasteiger partial charge in [0.15, 0.2) is 6.10 Å². The molecule has 2 rings (SSSR count). The van der Waals surface area contributed by atoms with Gasteiger partial charge in [-0.15, -0.1) is 11.8 Å². The lowest BCUT2D eigenvalue weighted by molar-refractivity contribution is -0.152. The largest absolute Gasteiger partial charge is 0.452 e. The predicted molar refractivity (Wildman–Crippen MR) is 108 cm³/mol. The van der Waals surface area contributed by atoms with Crippen molar-refractivity contribution >= 4 is 40.9 Å². The molecule has 0 fully saturated rings. The quantitative estimate of drug-likeness (QED) is 0.635. The molecule has 0 spiro atoms. The predicted octanol–water partition coefficient (Wildman–Crippen LogP) is 3.60. The molecule has 154 valence electrons. The smallest absolute Gasteiger partial charge is 0.319 e. The van der Waals surface area contributed by atoms with E-state index in [0.717, 1.165) is 11.8 Å². The molecule has 0 heterocycles. The number of hydrogen-bond acceptors (Lipinski definition) is 5. The van der Waals surface area contributed by atoms with E-state index in [-0.39, 0.29) is 17.3 Å². The van der Waals surface area contributed by atoms with Crippen LogP contribution < -0.4 is 10.6 Å². The number of rotatable bonds is 8. The Labute approximate surface area is 171 Å². The zero-order valence-electron chi connectivity index (χ0n) is 15.8. The fraction of sp³-hybridized carbons (Fsp3) is 0.250. The molecule has 0 radical (unpaired) electrons. The van der Waals surface area contributed by atoms with E-state index >= 15 is 0 Å². The summed E-state index contributed by atoms with van der Waals surface area (Å²) in [5.41, 5.74) is 0.422. The van der Waals surface area contributed by atoms with Gasteiger partial charge >= 0.3 is 5.97 Å². The summed E-state index contributed by atoms with van der Waals surface area (Å²) in [4.78, 5) is 36.1. The zero-order chi connectivity index (χ0) is 21.4. The van der Waals surface area contributed by atoms with Crippen molar-refractivity contribution in [1.29, 1.82) is 0 Å². The van der Waals surface area contributed by atoms with Gasteiger partial charge in [0.2, 0.25) is 5.91 Å². The van der Waals surface area contributed by atoms with Crippen molar-refractivity contribution in [3.8, 4) is 0 Å². The van der Waals surface area contributed by atoms with Gasteiger partial charge in [0.05, 0.1) is 11.4 Å². The van der Waals surface area contributed by atoms with Gasteiger partial charge in [-0.2, -0.15) is 0 Å². The second kappa shape index (κ2) is 10.6. The molecule has 2 aromatic carbocycles. The molecule has 6 nitrogen and oxygen atoms in total. The number of nitrogens with one attached hydrogen (secondary N) is 2. The minimum Gasteiger partial charge on any atom is -0.452 e. The number of hydrogen-bond donors (Lipinski definition) is 2. The van der Waals surface area contributed by atoms with Crippen molar-refractivity contribution in [3.05, 3.63) is 60.2 Å². The third-order valence-electron chi connectivity index (χ3n) is 3.72. The first-order valence-corrected chi connectivity index (χ1v) is 9.74. The average Bonchev–Trinajstić information content (AvgIpc) is 2.69. The van der Waals surface area contributed by atoms with E-state index in [1.165, 1.54) is 49.4 Å². The number of amides is 2. The minimum atomic E-state index is -1.14. The second-order valence-electron chi connectivity index (χ2n) is 6.06. The molecule has 0 saturated carbocycles. The summed E-state index contributed by atoms with van der Waals surface area (Å²) in [6.07, 6.45) is -1.14. The van der Waals surface area contributed by atoms with Crippen molar-refractivity contribution in [2.45, 2.75) is 25.2 Å². The van der Waals surface area contributed by atoms with Crippen molar-refractivity contribution in [1.82, 2.24) is 0 Å². The molecule has 0 saturated heterocycles. The van der Waals surface area contributed by atoms with E-state index in [1.807, 2.05) is 0 Å². The van der Waals surface area contributed by atoms with Crippen LogP contribution in [-0.2, 0) is 19.1 Å². The molecule has 2 unspecified atom stereocenters. The van der Waals surface area contributed by atoms with Crippen LogP contribution in [-0.4, -0.2) is 34.9 Å². The van der Waals surface area contributed by atoms with E-state index in [4.69, 9.17) is 4.74 Å². The molecule has 0 aliphatic rings. The fourth-order valence-corrected chi connectivity index (χ4v) is 2.78. The maximum Gasteiger partial charge on any atom is 0.319 e. The van der Waals surface area contributed by atoms with Gasteiger partial charge in [-0.05, 0) is 50.2 Å². The number of carbonyl (C=O) groups excluding carboxylic acids is 3. The molecule has 0 bridgehead atoms. The SMILES string of the molecule is CC(OC(=O)C(C)SCC(=O)Nc1ccc(F)cc1)C(=O)Nc1ccccc1F. The summed E-state index contributed by atoms with van der Waals surface area (Å²) in [7, 11) is 0. The number of thioether (sulfide) groups is 1. The first-order chi connectivity index (χ1) is 13.8. The lowest BCUT2D eigenvalue weighted by atomic mass is 10.3. The third kappa shape index (κ3) is 7.19.